The van der Waals surface area contributed by atoms with Crippen LogP contribution in [0.5, 0.6) is 0 Å². The van der Waals surface area contributed by atoms with Crippen LogP contribution in [0.3, 0.4) is 0 Å². The van der Waals surface area contributed by atoms with Crippen LogP contribution >= 0.6 is 0 Å². The lowest BCUT2D eigenvalue weighted by Crippen LogP contribution is -2.43. The Bertz CT molecular complexity index is 486. The highest BCUT2D eigenvalue weighted by Crippen LogP contribution is 2.01. The summed E-state index contributed by atoms with van der Waals surface area (Å²) in [5, 5.41) is 17.7. The standard InChI is InChI=1S/C13H18N2.C4H6O3.H3NO/c1-2-5-13(6-3-1)7-4-10-15-11-8-14-9-12-15;1-2-3(5)4(6)7;1-2/h1-7,14H,8-12H2;2H2,1H3,(H,6,7);2H,1H2. The fraction of sp³-hybridized carbons (Fsp3) is 0.412. The zero-order valence-electron chi connectivity index (χ0n) is 14.0. The van der Waals surface area contributed by atoms with Gasteiger partial charge in [0, 0.05) is 39.1 Å². The van der Waals surface area contributed by atoms with Crippen LogP contribution in [0.4, 0.5) is 0 Å². The first-order valence-corrected chi connectivity index (χ1v) is 7.80. The van der Waals surface area contributed by atoms with Gasteiger partial charge in [-0.1, -0.05) is 49.4 Å². The van der Waals surface area contributed by atoms with E-state index < -0.39 is 11.8 Å². The van der Waals surface area contributed by atoms with Gasteiger partial charge in [0.1, 0.15) is 0 Å². The molecular weight excluding hydrogens is 310 g/mol. The van der Waals surface area contributed by atoms with E-state index in [4.69, 9.17) is 10.3 Å². The maximum Gasteiger partial charge on any atom is 0.372 e. The zero-order chi connectivity index (χ0) is 18.2. The van der Waals surface area contributed by atoms with Crippen LogP contribution in [-0.2, 0) is 9.59 Å². The monoisotopic (exact) mass is 337 g/mol. The Morgan fingerprint density at radius 2 is 1.79 bits per heavy atom. The number of ketones is 1. The molecule has 2 rings (SSSR count). The minimum absolute atomic E-state index is 0.0787. The minimum Gasteiger partial charge on any atom is -0.476 e. The van der Waals surface area contributed by atoms with Crippen molar-refractivity contribution in [2.24, 2.45) is 5.90 Å². The molecule has 134 valence electrons. The quantitative estimate of drug-likeness (QED) is 0.468. The van der Waals surface area contributed by atoms with Gasteiger partial charge < -0.3 is 15.6 Å². The van der Waals surface area contributed by atoms with Crippen molar-refractivity contribution < 1.29 is 19.9 Å². The van der Waals surface area contributed by atoms with Crippen LogP contribution in [0.2, 0.25) is 0 Å². The van der Waals surface area contributed by atoms with Crippen LogP contribution in [0.1, 0.15) is 18.9 Å². The second-order valence-corrected chi connectivity index (χ2v) is 4.95. The SMILES string of the molecule is C(=Cc1ccccc1)CN1CCNCC1.CCC(=O)C(=O)O.NO. The maximum absolute atomic E-state index is 9.91. The molecule has 0 radical (unpaired) electrons. The number of carboxylic acid groups (broad SMARTS) is 1. The van der Waals surface area contributed by atoms with Crippen molar-refractivity contribution in [1.29, 1.82) is 0 Å². The van der Waals surface area contributed by atoms with E-state index in [1.165, 1.54) is 25.6 Å². The molecule has 0 atom stereocenters. The normalized spacial score (nSPS) is 14.1. The molecule has 7 nitrogen and oxygen atoms in total. The van der Waals surface area contributed by atoms with Crippen molar-refractivity contribution in [3.8, 4) is 0 Å². The van der Waals surface area contributed by atoms with E-state index in [2.05, 4.69) is 52.5 Å². The minimum atomic E-state index is -1.34. The molecule has 1 aromatic rings. The third kappa shape index (κ3) is 10.6. The number of benzene rings is 1. The number of piperazine rings is 1. The summed E-state index contributed by atoms with van der Waals surface area (Å²) < 4.78 is 0. The van der Waals surface area contributed by atoms with Gasteiger partial charge in [-0.3, -0.25) is 9.69 Å². The van der Waals surface area contributed by atoms with E-state index in [-0.39, 0.29) is 6.42 Å². The molecule has 0 bridgehead atoms. The number of hydrogen-bond donors (Lipinski definition) is 4. The molecule has 0 spiro atoms. The average molecular weight is 337 g/mol. The molecule has 0 unspecified atom stereocenters. The first-order valence-electron chi connectivity index (χ1n) is 7.80. The second-order valence-electron chi connectivity index (χ2n) is 4.95. The number of nitrogens with one attached hydrogen (secondary N) is 1. The summed E-state index contributed by atoms with van der Waals surface area (Å²) >= 11 is 0. The van der Waals surface area contributed by atoms with Crippen LogP contribution in [0.15, 0.2) is 36.4 Å². The van der Waals surface area contributed by atoms with E-state index in [0.29, 0.717) is 0 Å². The number of nitrogens with zero attached hydrogens (tertiary/aromatic N) is 1. The summed E-state index contributed by atoms with van der Waals surface area (Å²) in [5.74, 6) is 1.42. The molecule has 1 fully saturated rings. The van der Waals surface area contributed by atoms with Gasteiger partial charge in [-0.2, -0.15) is 0 Å². The molecule has 5 N–H and O–H groups in total. The Kier molecular flexibility index (Phi) is 13.3. The van der Waals surface area contributed by atoms with Crippen molar-refractivity contribution in [2.75, 3.05) is 32.7 Å². The predicted molar refractivity (Wildman–Crippen MR) is 93.7 cm³/mol. The predicted octanol–water partition coefficient (Wildman–Crippen LogP) is 0.989. The molecule has 0 amide bonds. The Labute approximate surface area is 142 Å². The van der Waals surface area contributed by atoms with Gasteiger partial charge in [-0.05, 0) is 5.56 Å². The summed E-state index contributed by atoms with van der Waals surface area (Å²) in [6, 6.07) is 10.5. The van der Waals surface area contributed by atoms with E-state index in [1.807, 2.05) is 6.07 Å². The van der Waals surface area contributed by atoms with E-state index in [0.717, 1.165) is 19.6 Å². The lowest BCUT2D eigenvalue weighted by Gasteiger charge is -2.25. The van der Waals surface area contributed by atoms with Crippen molar-refractivity contribution in [3.05, 3.63) is 42.0 Å². The van der Waals surface area contributed by atoms with Crippen molar-refractivity contribution in [3.63, 3.8) is 0 Å². The van der Waals surface area contributed by atoms with E-state index in [9.17, 15) is 9.59 Å². The first-order chi connectivity index (χ1) is 11.6. The lowest BCUT2D eigenvalue weighted by atomic mass is 10.2. The fourth-order valence-corrected chi connectivity index (χ4v) is 1.95. The number of Topliss-reactive ketones (excluding diaryl/α,β-unsaturated/α-hetero) is 1. The topological polar surface area (TPSA) is 116 Å². The van der Waals surface area contributed by atoms with E-state index in [1.54, 1.807) is 0 Å². The Morgan fingerprint density at radius 1 is 1.21 bits per heavy atom. The van der Waals surface area contributed by atoms with Gasteiger partial charge in [-0.25, -0.2) is 10.7 Å². The Morgan fingerprint density at radius 3 is 2.25 bits per heavy atom. The van der Waals surface area contributed by atoms with Crippen molar-refractivity contribution in [2.45, 2.75) is 13.3 Å². The summed E-state index contributed by atoms with van der Waals surface area (Å²) in [5.41, 5.74) is 1.28. The molecule has 24 heavy (non-hydrogen) atoms. The van der Waals surface area contributed by atoms with Crippen LogP contribution in [0, 0.1) is 0 Å². The van der Waals surface area contributed by atoms with Crippen molar-refractivity contribution in [1.82, 2.24) is 10.2 Å². The van der Waals surface area contributed by atoms with E-state index >= 15 is 0 Å². The fourth-order valence-electron chi connectivity index (χ4n) is 1.95. The average Bonchev–Trinajstić information content (AvgIpc) is 2.65. The number of hydrogen-bond acceptors (Lipinski definition) is 6. The van der Waals surface area contributed by atoms with Gasteiger partial charge in [0.2, 0.25) is 5.78 Å². The number of carbonyl (C=O) groups excluding carboxylic acids is 1. The summed E-state index contributed by atoms with van der Waals surface area (Å²) in [7, 11) is 0. The molecular formula is C17H27N3O4. The maximum atomic E-state index is 9.91. The molecule has 1 aromatic carbocycles. The molecule has 1 aliphatic rings. The third-order valence-electron chi connectivity index (χ3n) is 3.24. The van der Waals surface area contributed by atoms with Gasteiger partial charge in [0.15, 0.2) is 0 Å². The Balaban J connectivity index is 0.000000501. The number of nitrogens with two attached hydrogens (primary N) is 1. The number of rotatable bonds is 5. The van der Waals surface area contributed by atoms with Crippen LogP contribution in [0.25, 0.3) is 6.08 Å². The van der Waals surface area contributed by atoms with Crippen LogP contribution in [-0.4, -0.2) is 59.7 Å². The highest BCUT2D eigenvalue weighted by Gasteiger charge is 2.06. The van der Waals surface area contributed by atoms with Gasteiger partial charge in [0.05, 0.1) is 0 Å². The number of aliphatic carboxylic acids is 1. The number of carboxylic acids is 1. The molecule has 0 saturated carbocycles. The number of carbonyl (C=O) groups is 2. The molecule has 1 aliphatic heterocycles. The molecule has 0 aromatic heterocycles. The molecule has 1 saturated heterocycles. The second kappa shape index (κ2) is 14.5. The zero-order valence-corrected chi connectivity index (χ0v) is 14.0. The molecule has 7 heteroatoms. The van der Waals surface area contributed by atoms with Gasteiger partial charge in [-0.15, -0.1) is 0 Å². The largest absolute Gasteiger partial charge is 0.476 e. The summed E-state index contributed by atoms with van der Waals surface area (Å²) in [6.45, 7) is 7.16. The highest BCUT2D eigenvalue weighted by atomic mass is 16.4. The molecule has 1 heterocycles. The Hall–Kier alpha value is -2.06. The molecule has 0 aliphatic carbocycles. The smallest absolute Gasteiger partial charge is 0.372 e. The van der Waals surface area contributed by atoms with Crippen LogP contribution < -0.4 is 11.2 Å². The van der Waals surface area contributed by atoms with Gasteiger partial charge in [0.25, 0.3) is 0 Å². The van der Waals surface area contributed by atoms with Gasteiger partial charge >= 0.3 is 5.97 Å². The first kappa shape index (κ1) is 21.9. The highest BCUT2D eigenvalue weighted by molar-refractivity contribution is 6.32. The third-order valence-corrected chi connectivity index (χ3v) is 3.24. The lowest BCUT2D eigenvalue weighted by molar-refractivity contribution is -0.148. The summed E-state index contributed by atoms with van der Waals surface area (Å²) in [6.07, 6.45) is 4.53. The summed E-state index contributed by atoms with van der Waals surface area (Å²) in [4.78, 5) is 22.0. The van der Waals surface area contributed by atoms with Crippen molar-refractivity contribution >= 4 is 17.8 Å².